The Balaban J connectivity index is 1.70. The quantitative estimate of drug-likeness (QED) is 0.458. The molecule has 1 aliphatic carbocycles. The predicted molar refractivity (Wildman–Crippen MR) is 112 cm³/mol. The van der Waals surface area contributed by atoms with E-state index in [0.29, 0.717) is 40.3 Å². The molecule has 30 heavy (non-hydrogen) atoms. The SMILES string of the molecule is CCN(c1cc(F)cc(C#CC2(C)CC2)c1)c1nc2nncn2c2cccc(F)c12. The number of hydrogen-bond donors (Lipinski definition) is 0. The van der Waals surface area contributed by atoms with E-state index < -0.39 is 11.6 Å². The molecule has 0 spiro atoms. The minimum atomic E-state index is -0.415. The maximum absolute atomic E-state index is 14.9. The fourth-order valence-electron chi connectivity index (χ4n) is 3.55. The van der Waals surface area contributed by atoms with E-state index >= 15 is 0 Å². The highest BCUT2D eigenvalue weighted by Crippen LogP contribution is 2.44. The molecule has 1 aliphatic rings. The van der Waals surface area contributed by atoms with Gasteiger partial charge in [-0.25, -0.2) is 8.78 Å². The number of benzene rings is 2. The molecule has 0 saturated heterocycles. The van der Waals surface area contributed by atoms with Gasteiger partial charge >= 0.3 is 0 Å². The van der Waals surface area contributed by atoms with Gasteiger partial charge in [0, 0.05) is 23.2 Å². The lowest BCUT2D eigenvalue weighted by Gasteiger charge is -2.24. The zero-order valence-corrected chi connectivity index (χ0v) is 16.7. The Hall–Kier alpha value is -3.53. The van der Waals surface area contributed by atoms with E-state index in [0.717, 1.165) is 12.8 Å². The molecule has 7 heteroatoms. The lowest BCUT2D eigenvalue weighted by molar-refractivity contribution is 0.627. The number of rotatable bonds is 3. The van der Waals surface area contributed by atoms with Gasteiger partial charge in [0.15, 0.2) is 0 Å². The van der Waals surface area contributed by atoms with Crippen molar-refractivity contribution in [3.8, 4) is 11.8 Å². The van der Waals surface area contributed by atoms with E-state index in [2.05, 4.69) is 33.9 Å². The van der Waals surface area contributed by atoms with Crippen LogP contribution in [0.15, 0.2) is 42.7 Å². The summed E-state index contributed by atoms with van der Waals surface area (Å²) in [5.41, 5.74) is 1.78. The van der Waals surface area contributed by atoms with Crippen molar-refractivity contribution in [3.63, 3.8) is 0 Å². The molecule has 150 valence electrons. The van der Waals surface area contributed by atoms with Gasteiger partial charge in [-0.3, -0.25) is 4.40 Å². The molecule has 0 radical (unpaired) electrons. The van der Waals surface area contributed by atoms with E-state index in [1.54, 1.807) is 21.4 Å². The van der Waals surface area contributed by atoms with Crippen LogP contribution >= 0.6 is 0 Å². The molecular formula is C23H19F2N5. The highest BCUT2D eigenvalue weighted by Gasteiger charge is 2.35. The third-order valence-corrected chi connectivity index (χ3v) is 5.49. The van der Waals surface area contributed by atoms with Crippen LogP contribution in [-0.2, 0) is 0 Å². The number of halogens is 2. The third-order valence-electron chi connectivity index (χ3n) is 5.49. The fraction of sp³-hybridized carbons (Fsp3) is 0.261. The van der Waals surface area contributed by atoms with Crippen molar-refractivity contribution in [2.75, 3.05) is 11.4 Å². The molecule has 4 aromatic rings. The van der Waals surface area contributed by atoms with Crippen LogP contribution in [-0.4, -0.2) is 26.1 Å². The van der Waals surface area contributed by atoms with Crippen LogP contribution in [0.5, 0.6) is 0 Å². The van der Waals surface area contributed by atoms with Gasteiger partial charge in [-0.2, -0.15) is 4.98 Å². The smallest absolute Gasteiger partial charge is 0.257 e. The molecule has 2 aromatic carbocycles. The van der Waals surface area contributed by atoms with Crippen molar-refractivity contribution in [1.82, 2.24) is 19.6 Å². The summed E-state index contributed by atoms with van der Waals surface area (Å²) in [6, 6.07) is 9.45. The Morgan fingerprint density at radius 3 is 2.80 bits per heavy atom. The summed E-state index contributed by atoms with van der Waals surface area (Å²) in [5, 5.41) is 8.24. The van der Waals surface area contributed by atoms with Crippen LogP contribution < -0.4 is 4.90 Å². The number of fused-ring (bicyclic) bond motifs is 3. The minimum Gasteiger partial charge on any atom is -0.326 e. The maximum Gasteiger partial charge on any atom is 0.257 e. The normalized spacial score (nSPS) is 14.5. The lowest BCUT2D eigenvalue weighted by Crippen LogP contribution is -2.19. The van der Waals surface area contributed by atoms with Gasteiger partial charge in [-0.05, 0) is 57.0 Å². The van der Waals surface area contributed by atoms with Gasteiger partial charge in [-0.1, -0.05) is 17.9 Å². The van der Waals surface area contributed by atoms with Crippen molar-refractivity contribution < 1.29 is 8.78 Å². The predicted octanol–water partition coefficient (Wildman–Crippen LogP) is 4.87. The summed E-state index contributed by atoms with van der Waals surface area (Å²) in [4.78, 5) is 6.31. The van der Waals surface area contributed by atoms with E-state index in [1.165, 1.54) is 24.5 Å². The zero-order valence-electron chi connectivity index (χ0n) is 16.7. The second kappa shape index (κ2) is 6.77. The number of anilines is 2. The average molecular weight is 403 g/mol. The second-order valence-corrected chi connectivity index (χ2v) is 7.82. The molecule has 0 atom stereocenters. The molecular weight excluding hydrogens is 384 g/mol. The fourth-order valence-corrected chi connectivity index (χ4v) is 3.55. The first-order chi connectivity index (χ1) is 14.5. The Bertz CT molecular complexity index is 1340. The van der Waals surface area contributed by atoms with E-state index in [4.69, 9.17) is 0 Å². The molecule has 0 amide bonds. The number of nitrogens with zero attached hydrogens (tertiary/aromatic N) is 5. The second-order valence-electron chi connectivity index (χ2n) is 7.82. The Labute approximate surface area is 172 Å². The van der Waals surface area contributed by atoms with Gasteiger partial charge < -0.3 is 4.90 Å². The average Bonchev–Trinajstić information content (AvgIpc) is 3.27. The first-order valence-corrected chi connectivity index (χ1v) is 9.87. The van der Waals surface area contributed by atoms with Crippen LogP contribution in [0.25, 0.3) is 16.7 Å². The highest BCUT2D eigenvalue weighted by molar-refractivity contribution is 5.94. The summed E-state index contributed by atoms with van der Waals surface area (Å²) in [7, 11) is 0. The largest absolute Gasteiger partial charge is 0.326 e. The summed E-state index contributed by atoms with van der Waals surface area (Å²) in [6.07, 6.45) is 3.63. The van der Waals surface area contributed by atoms with Gasteiger partial charge in [0.1, 0.15) is 23.8 Å². The Kier molecular flexibility index (Phi) is 4.17. The molecule has 5 rings (SSSR count). The molecule has 0 aliphatic heterocycles. The first-order valence-electron chi connectivity index (χ1n) is 9.87. The van der Waals surface area contributed by atoms with E-state index in [-0.39, 0.29) is 5.41 Å². The number of hydrogen-bond acceptors (Lipinski definition) is 4. The van der Waals surface area contributed by atoms with Gasteiger partial charge in [0.05, 0.1) is 10.9 Å². The molecule has 0 N–H and O–H groups in total. The standard InChI is InChI=1S/C23H19F2N5/c1-3-29(17-12-15(11-16(24)13-17)7-8-23(2)9-10-23)21-20-18(25)5-4-6-19(20)30-14-26-28-22(30)27-21/h4-6,11-14H,3,9-10H2,1-2H3. The highest BCUT2D eigenvalue weighted by atomic mass is 19.1. The van der Waals surface area contributed by atoms with Crippen LogP contribution in [0.4, 0.5) is 20.3 Å². The Morgan fingerprint density at radius 2 is 2.03 bits per heavy atom. The summed E-state index contributed by atoms with van der Waals surface area (Å²) >= 11 is 0. The topological polar surface area (TPSA) is 46.3 Å². The van der Waals surface area contributed by atoms with E-state index in [9.17, 15) is 8.78 Å². The van der Waals surface area contributed by atoms with Crippen molar-refractivity contribution in [3.05, 3.63) is 59.9 Å². The minimum absolute atomic E-state index is 0.0382. The summed E-state index contributed by atoms with van der Waals surface area (Å²) < 4.78 is 31.0. The molecule has 0 bridgehead atoms. The molecule has 2 aromatic heterocycles. The van der Waals surface area contributed by atoms with Crippen LogP contribution in [0.1, 0.15) is 32.3 Å². The van der Waals surface area contributed by atoms with Crippen LogP contribution in [0, 0.1) is 28.9 Å². The van der Waals surface area contributed by atoms with Gasteiger partial charge in [-0.15, -0.1) is 10.2 Å². The first kappa shape index (κ1) is 18.5. The third kappa shape index (κ3) is 3.14. The molecule has 1 fully saturated rings. The lowest BCUT2D eigenvalue weighted by atomic mass is 10.1. The van der Waals surface area contributed by atoms with Crippen molar-refractivity contribution in [2.45, 2.75) is 26.7 Å². The Morgan fingerprint density at radius 1 is 1.20 bits per heavy atom. The van der Waals surface area contributed by atoms with Crippen LogP contribution in [0.2, 0.25) is 0 Å². The zero-order chi connectivity index (χ0) is 20.9. The van der Waals surface area contributed by atoms with E-state index in [1.807, 2.05) is 13.0 Å². The summed E-state index contributed by atoms with van der Waals surface area (Å²) in [6.45, 7) is 4.46. The van der Waals surface area contributed by atoms with Crippen molar-refractivity contribution >= 4 is 28.2 Å². The molecule has 1 saturated carbocycles. The molecule has 2 heterocycles. The molecule has 5 nitrogen and oxygen atoms in total. The van der Waals surface area contributed by atoms with Crippen molar-refractivity contribution in [1.29, 1.82) is 0 Å². The number of aromatic nitrogens is 4. The maximum atomic E-state index is 14.9. The van der Waals surface area contributed by atoms with Crippen molar-refractivity contribution in [2.24, 2.45) is 5.41 Å². The van der Waals surface area contributed by atoms with Crippen LogP contribution in [0.3, 0.4) is 0 Å². The van der Waals surface area contributed by atoms with Gasteiger partial charge in [0.25, 0.3) is 5.78 Å². The van der Waals surface area contributed by atoms with Gasteiger partial charge in [0.2, 0.25) is 0 Å². The monoisotopic (exact) mass is 403 g/mol. The summed E-state index contributed by atoms with van der Waals surface area (Å²) in [5.74, 6) is 6.22. The molecule has 0 unspecified atom stereocenters.